The zero-order valence-corrected chi connectivity index (χ0v) is 15.0. The predicted molar refractivity (Wildman–Crippen MR) is 104 cm³/mol. The van der Waals surface area contributed by atoms with Crippen LogP contribution in [0, 0.1) is 0 Å². The molecular weight excluding hydrogens is 348 g/mol. The van der Waals surface area contributed by atoms with Crippen LogP contribution in [-0.4, -0.2) is 27.6 Å². The Morgan fingerprint density at radius 1 is 1.35 bits per heavy atom. The largest absolute Gasteiger partial charge is 0.497 e. The molecule has 132 valence electrons. The lowest BCUT2D eigenvalue weighted by molar-refractivity contribution is -0.116. The number of rotatable bonds is 6. The molecule has 7 heteroatoms. The van der Waals surface area contributed by atoms with Crippen LogP contribution in [0.4, 0.5) is 5.13 Å². The summed E-state index contributed by atoms with van der Waals surface area (Å²) in [4.78, 5) is 19.9. The summed E-state index contributed by atoms with van der Waals surface area (Å²) in [5.74, 6) is 0.757. The van der Waals surface area contributed by atoms with Gasteiger partial charge in [-0.3, -0.25) is 4.79 Å². The minimum Gasteiger partial charge on any atom is -0.497 e. The molecule has 0 saturated carbocycles. The third-order valence-electron chi connectivity index (χ3n) is 4.18. The van der Waals surface area contributed by atoms with Crippen LogP contribution in [0.15, 0.2) is 54.3 Å². The Morgan fingerprint density at radius 2 is 2.19 bits per heavy atom. The van der Waals surface area contributed by atoms with Crippen molar-refractivity contribution in [3.8, 4) is 17.0 Å². The number of carbonyl (C=O) groups is 1. The molecule has 1 aromatic carbocycles. The maximum Gasteiger partial charge on any atom is 0.227 e. The zero-order valence-electron chi connectivity index (χ0n) is 14.2. The number of hydrogen-bond acceptors (Lipinski definition) is 4. The molecule has 0 bridgehead atoms. The first-order valence-corrected chi connectivity index (χ1v) is 9.12. The van der Waals surface area contributed by atoms with Gasteiger partial charge >= 0.3 is 0 Å². The van der Waals surface area contributed by atoms with E-state index in [2.05, 4.69) is 15.3 Å². The Labute approximate surface area is 154 Å². The van der Waals surface area contributed by atoms with Crippen LogP contribution in [0.2, 0.25) is 0 Å². The lowest BCUT2D eigenvalue weighted by atomic mass is 10.1. The van der Waals surface area contributed by atoms with Gasteiger partial charge in [-0.05, 0) is 30.3 Å². The van der Waals surface area contributed by atoms with Crippen molar-refractivity contribution >= 4 is 33.3 Å². The van der Waals surface area contributed by atoms with Crippen molar-refractivity contribution < 1.29 is 9.53 Å². The first-order valence-electron chi connectivity index (χ1n) is 8.24. The maximum absolute atomic E-state index is 12.1. The standard InChI is InChI=1S/C19H18N4O2S/c1-25-13-4-5-16-14(10-13)15(11-20-16)17-12-26-19(21-17)22-18(24)6-9-23-7-2-3-8-23/h2-5,7-8,10-12,20H,6,9H2,1H3,(H,21,22,24). The predicted octanol–water partition coefficient (Wildman–Crippen LogP) is 4.13. The monoisotopic (exact) mass is 366 g/mol. The molecule has 2 N–H and O–H groups in total. The maximum atomic E-state index is 12.1. The van der Waals surface area contributed by atoms with Gasteiger partial charge in [-0.2, -0.15) is 0 Å². The zero-order chi connectivity index (χ0) is 17.9. The molecule has 0 fully saturated rings. The molecule has 4 rings (SSSR count). The summed E-state index contributed by atoms with van der Waals surface area (Å²) in [5, 5.41) is 6.47. The second-order valence-electron chi connectivity index (χ2n) is 5.87. The summed E-state index contributed by atoms with van der Waals surface area (Å²) in [5.41, 5.74) is 2.84. The fourth-order valence-corrected chi connectivity index (χ4v) is 3.55. The van der Waals surface area contributed by atoms with Crippen LogP contribution in [0.25, 0.3) is 22.2 Å². The van der Waals surface area contributed by atoms with Crippen molar-refractivity contribution in [2.24, 2.45) is 0 Å². The molecule has 0 spiro atoms. The first kappa shape index (κ1) is 16.4. The van der Waals surface area contributed by atoms with Gasteiger partial charge in [0.1, 0.15) is 5.75 Å². The van der Waals surface area contributed by atoms with E-state index in [-0.39, 0.29) is 5.91 Å². The Kier molecular flexibility index (Phi) is 4.45. The number of nitrogens with one attached hydrogen (secondary N) is 2. The van der Waals surface area contributed by atoms with Gasteiger partial charge in [0, 0.05) is 53.4 Å². The molecule has 0 radical (unpaired) electrons. The Hall–Kier alpha value is -3.06. The van der Waals surface area contributed by atoms with Crippen LogP contribution >= 0.6 is 11.3 Å². The highest BCUT2D eigenvalue weighted by Crippen LogP contribution is 2.33. The van der Waals surface area contributed by atoms with E-state index in [0.29, 0.717) is 18.1 Å². The number of H-pyrrole nitrogens is 1. The Morgan fingerprint density at radius 3 is 3.00 bits per heavy atom. The van der Waals surface area contributed by atoms with Gasteiger partial charge in [0.05, 0.1) is 12.8 Å². The minimum absolute atomic E-state index is 0.0415. The van der Waals surface area contributed by atoms with Gasteiger partial charge in [-0.15, -0.1) is 11.3 Å². The number of thiazole rings is 1. The molecule has 26 heavy (non-hydrogen) atoms. The van der Waals surface area contributed by atoms with Crippen molar-refractivity contribution in [1.29, 1.82) is 0 Å². The summed E-state index contributed by atoms with van der Waals surface area (Å²) in [7, 11) is 1.65. The number of hydrogen-bond donors (Lipinski definition) is 2. The third kappa shape index (κ3) is 3.34. The topological polar surface area (TPSA) is 71.9 Å². The smallest absolute Gasteiger partial charge is 0.227 e. The normalized spacial score (nSPS) is 11.0. The number of aromatic nitrogens is 3. The van der Waals surface area contributed by atoms with Crippen LogP contribution in [-0.2, 0) is 11.3 Å². The van der Waals surface area contributed by atoms with Crippen molar-refractivity contribution in [2.45, 2.75) is 13.0 Å². The second-order valence-corrected chi connectivity index (χ2v) is 6.73. The summed E-state index contributed by atoms with van der Waals surface area (Å²) >= 11 is 1.42. The fraction of sp³-hybridized carbons (Fsp3) is 0.158. The van der Waals surface area contributed by atoms with Crippen LogP contribution in [0.1, 0.15) is 6.42 Å². The SMILES string of the molecule is COc1ccc2[nH]cc(-c3csc(NC(=O)CCn4cccc4)n3)c2c1. The van der Waals surface area contributed by atoms with E-state index in [0.717, 1.165) is 27.9 Å². The first-order chi connectivity index (χ1) is 12.7. The molecule has 0 unspecified atom stereocenters. The number of amides is 1. The number of aromatic amines is 1. The van der Waals surface area contributed by atoms with E-state index in [1.54, 1.807) is 7.11 Å². The molecule has 3 heterocycles. The quantitative estimate of drug-likeness (QED) is 0.539. The van der Waals surface area contributed by atoms with Gasteiger partial charge < -0.3 is 19.6 Å². The third-order valence-corrected chi connectivity index (χ3v) is 4.94. The molecule has 1 amide bonds. The van der Waals surface area contributed by atoms with Crippen LogP contribution in [0.5, 0.6) is 5.75 Å². The van der Waals surface area contributed by atoms with Gasteiger partial charge in [0.2, 0.25) is 5.91 Å². The molecule has 3 aromatic heterocycles. The highest BCUT2D eigenvalue weighted by atomic mass is 32.1. The highest BCUT2D eigenvalue weighted by Gasteiger charge is 2.12. The van der Waals surface area contributed by atoms with Gasteiger partial charge in [-0.1, -0.05) is 0 Å². The number of carbonyl (C=O) groups excluding carboxylic acids is 1. The van der Waals surface area contributed by atoms with E-state index in [4.69, 9.17) is 4.74 Å². The van der Waals surface area contributed by atoms with Crippen molar-refractivity contribution in [1.82, 2.24) is 14.5 Å². The summed E-state index contributed by atoms with van der Waals surface area (Å²) < 4.78 is 7.29. The average molecular weight is 366 g/mol. The van der Waals surface area contributed by atoms with Crippen LogP contribution in [0.3, 0.4) is 0 Å². The van der Waals surface area contributed by atoms with Crippen LogP contribution < -0.4 is 10.1 Å². The molecule has 0 aliphatic rings. The molecule has 0 aliphatic carbocycles. The number of aryl methyl sites for hydroxylation is 1. The highest BCUT2D eigenvalue weighted by molar-refractivity contribution is 7.14. The summed E-state index contributed by atoms with van der Waals surface area (Å²) in [6.45, 7) is 0.652. The lowest BCUT2D eigenvalue weighted by Crippen LogP contribution is -2.13. The molecule has 4 aromatic rings. The average Bonchev–Trinajstić information content (AvgIpc) is 3.39. The lowest BCUT2D eigenvalue weighted by Gasteiger charge is -2.03. The molecule has 6 nitrogen and oxygen atoms in total. The minimum atomic E-state index is -0.0415. The second kappa shape index (κ2) is 7.05. The fourth-order valence-electron chi connectivity index (χ4n) is 2.83. The Balaban J connectivity index is 1.48. The molecule has 0 aliphatic heterocycles. The van der Waals surface area contributed by atoms with Gasteiger partial charge in [0.15, 0.2) is 5.13 Å². The van der Waals surface area contributed by atoms with E-state index < -0.39 is 0 Å². The van der Waals surface area contributed by atoms with Gasteiger partial charge in [-0.25, -0.2) is 4.98 Å². The number of fused-ring (bicyclic) bond motifs is 1. The summed E-state index contributed by atoms with van der Waals surface area (Å²) in [6.07, 6.45) is 6.23. The number of benzene rings is 1. The van der Waals surface area contributed by atoms with Gasteiger partial charge in [0.25, 0.3) is 0 Å². The van der Waals surface area contributed by atoms with E-state index in [1.165, 1.54) is 11.3 Å². The molecule has 0 atom stereocenters. The van der Waals surface area contributed by atoms with E-state index >= 15 is 0 Å². The van der Waals surface area contributed by atoms with E-state index in [1.807, 2.05) is 58.9 Å². The molecule has 0 saturated heterocycles. The number of methoxy groups -OCH3 is 1. The van der Waals surface area contributed by atoms with Crippen molar-refractivity contribution in [2.75, 3.05) is 12.4 Å². The van der Waals surface area contributed by atoms with E-state index in [9.17, 15) is 4.79 Å². The van der Waals surface area contributed by atoms with Crippen molar-refractivity contribution in [3.05, 3.63) is 54.3 Å². The van der Waals surface area contributed by atoms with Crippen molar-refractivity contribution in [3.63, 3.8) is 0 Å². The number of ether oxygens (including phenoxy) is 1. The number of anilines is 1. The molecular formula is C19H18N4O2S. The number of nitrogens with zero attached hydrogens (tertiary/aromatic N) is 2. The summed E-state index contributed by atoms with van der Waals surface area (Å²) in [6, 6.07) is 9.77. The Bertz CT molecular complexity index is 1030.